The molecule has 76 valence electrons. The number of nitrogens with two attached hydrogens (primary N) is 1. The second-order valence-corrected chi connectivity index (χ2v) is 3.03. The first kappa shape index (κ1) is 10.6. The van der Waals surface area contributed by atoms with Crippen molar-refractivity contribution in [2.45, 2.75) is 19.1 Å². The maximum Gasteiger partial charge on any atom is 0.269 e. The summed E-state index contributed by atoms with van der Waals surface area (Å²) >= 11 is 0. The molecule has 0 fully saturated rings. The molecule has 3 N–H and O–H groups in total. The number of hydrogen-bond donors (Lipinski definition) is 2. The first-order valence-corrected chi connectivity index (χ1v) is 4.26. The molecular formula is C9H12N2O3. The van der Waals surface area contributed by atoms with Crippen LogP contribution in [0.15, 0.2) is 24.3 Å². The van der Waals surface area contributed by atoms with E-state index in [9.17, 15) is 10.1 Å². The van der Waals surface area contributed by atoms with Gasteiger partial charge in [0.05, 0.1) is 4.92 Å². The standard InChI is InChI=1S/C9H12N2O3/c10-9(12)6-3-7-1-4-8(5-2-7)11(13)14/h1-2,4-5,9,12H,3,6,10H2. The molecule has 0 aromatic heterocycles. The molecule has 0 radical (unpaired) electrons. The number of nitro groups is 1. The zero-order valence-corrected chi connectivity index (χ0v) is 7.59. The van der Waals surface area contributed by atoms with E-state index in [1.165, 1.54) is 12.1 Å². The molecule has 0 spiro atoms. The van der Waals surface area contributed by atoms with Crippen molar-refractivity contribution in [3.05, 3.63) is 39.9 Å². The molecule has 1 rings (SSSR count). The minimum atomic E-state index is -0.829. The monoisotopic (exact) mass is 196 g/mol. The van der Waals surface area contributed by atoms with Crippen LogP contribution in [0.4, 0.5) is 5.69 Å². The van der Waals surface area contributed by atoms with Crippen molar-refractivity contribution in [2.75, 3.05) is 0 Å². The van der Waals surface area contributed by atoms with E-state index in [4.69, 9.17) is 10.8 Å². The minimum Gasteiger partial charge on any atom is -0.379 e. The lowest BCUT2D eigenvalue weighted by Gasteiger charge is -2.03. The summed E-state index contributed by atoms with van der Waals surface area (Å²) in [6.45, 7) is 0. The number of nitrogens with zero attached hydrogens (tertiary/aromatic N) is 1. The molecule has 14 heavy (non-hydrogen) atoms. The Morgan fingerprint density at radius 2 is 2.00 bits per heavy atom. The van der Waals surface area contributed by atoms with Crippen LogP contribution in [0.5, 0.6) is 0 Å². The van der Waals surface area contributed by atoms with Crippen LogP contribution in [-0.4, -0.2) is 16.3 Å². The molecular weight excluding hydrogens is 184 g/mol. The number of aryl methyl sites for hydroxylation is 1. The zero-order chi connectivity index (χ0) is 10.6. The molecule has 0 aliphatic rings. The van der Waals surface area contributed by atoms with Crippen LogP contribution in [0, 0.1) is 10.1 Å². The highest BCUT2D eigenvalue weighted by atomic mass is 16.6. The number of rotatable bonds is 4. The summed E-state index contributed by atoms with van der Waals surface area (Å²) in [4.78, 5) is 9.88. The zero-order valence-electron chi connectivity index (χ0n) is 7.59. The molecule has 0 heterocycles. The van der Waals surface area contributed by atoms with Crippen LogP contribution in [0.2, 0.25) is 0 Å². The highest BCUT2D eigenvalue weighted by Crippen LogP contribution is 2.13. The fourth-order valence-corrected chi connectivity index (χ4v) is 1.10. The number of aliphatic hydroxyl groups excluding tert-OH is 1. The average molecular weight is 196 g/mol. The van der Waals surface area contributed by atoms with E-state index < -0.39 is 11.2 Å². The Hall–Kier alpha value is -1.46. The number of benzene rings is 1. The first-order chi connectivity index (χ1) is 6.59. The lowest BCUT2D eigenvalue weighted by atomic mass is 10.1. The van der Waals surface area contributed by atoms with Gasteiger partial charge in [0.25, 0.3) is 5.69 Å². The third kappa shape index (κ3) is 3.12. The van der Waals surface area contributed by atoms with E-state index in [1.807, 2.05) is 0 Å². The van der Waals surface area contributed by atoms with Crippen LogP contribution in [0.1, 0.15) is 12.0 Å². The molecule has 1 atom stereocenters. The van der Waals surface area contributed by atoms with Crippen molar-refractivity contribution in [3.63, 3.8) is 0 Å². The Bertz CT molecular complexity index is 308. The number of nitro benzene ring substituents is 1. The van der Waals surface area contributed by atoms with Gasteiger partial charge in [-0.1, -0.05) is 12.1 Å². The molecule has 1 aromatic carbocycles. The second kappa shape index (κ2) is 4.69. The van der Waals surface area contributed by atoms with Gasteiger partial charge in [0.15, 0.2) is 0 Å². The SMILES string of the molecule is NC(O)CCc1ccc([N+](=O)[O-])cc1. The average Bonchev–Trinajstić information content (AvgIpc) is 2.15. The van der Waals surface area contributed by atoms with Gasteiger partial charge in [0, 0.05) is 12.1 Å². The molecule has 1 aromatic rings. The highest BCUT2D eigenvalue weighted by Gasteiger charge is 2.04. The molecule has 0 saturated carbocycles. The van der Waals surface area contributed by atoms with E-state index in [0.717, 1.165) is 5.56 Å². The molecule has 1 unspecified atom stereocenters. The second-order valence-electron chi connectivity index (χ2n) is 3.03. The fourth-order valence-electron chi connectivity index (χ4n) is 1.10. The first-order valence-electron chi connectivity index (χ1n) is 4.26. The third-order valence-electron chi connectivity index (χ3n) is 1.88. The third-order valence-corrected chi connectivity index (χ3v) is 1.88. The lowest BCUT2D eigenvalue weighted by molar-refractivity contribution is -0.384. The Labute approximate surface area is 81.3 Å². The van der Waals surface area contributed by atoms with Crippen LogP contribution >= 0.6 is 0 Å². The molecule has 5 heteroatoms. The summed E-state index contributed by atoms with van der Waals surface area (Å²) in [5, 5.41) is 19.1. The molecule has 0 saturated heterocycles. The van der Waals surface area contributed by atoms with Crippen LogP contribution in [0.3, 0.4) is 0 Å². The maximum atomic E-state index is 10.3. The van der Waals surface area contributed by atoms with E-state index in [1.54, 1.807) is 12.1 Å². The molecule has 0 amide bonds. The summed E-state index contributed by atoms with van der Waals surface area (Å²) in [6.07, 6.45) is 0.248. The largest absolute Gasteiger partial charge is 0.379 e. The summed E-state index contributed by atoms with van der Waals surface area (Å²) in [5.74, 6) is 0. The molecule has 0 aliphatic heterocycles. The number of non-ortho nitro benzene ring substituents is 1. The quantitative estimate of drug-likeness (QED) is 0.423. The number of hydrogen-bond acceptors (Lipinski definition) is 4. The van der Waals surface area contributed by atoms with Gasteiger partial charge >= 0.3 is 0 Å². The molecule has 0 bridgehead atoms. The van der Waals surface area contributed by atoms with Crippen molar-refractivity contribution in [3.8, 4) is 0 Å². The Kier molecular flexibility index (Phi) is 3.55. The molecule has 0 aliphatic carbocycles. The van der Waals surface area contributed by atoms with E-state index in [0.29, 0.717) is 12.8 Å². The highest BCUT2D eigenvalue weighted by molar-refractivity contribution is 5.32. The van der Waals surface area contributed by atoms with E-state index >= 15 is 0 Å². The van der Waals surface area contributed by atoms with E-state index in [-0.39, 0.29) is 5.69 Å². The van der Waals surface area contributed by atoms with E-state index in [2.05, 4.69) is 0 Å². The van der Waals surface area contributed by atoms with Crippen LogP contribution < -0.4 is 5.73 Å². The minimum absolute atomic E-state index is 0.0713. The Morgan fingerprint density at radius 1 is 1.43 bits per heavy atom. The van der Waals surface area contributed by atoms with Crippen molar-refractivity contribution in [1.29, 1.82) is 0 Å². The Morgan fingerprint density at radius 3 is 2.43 bits per heavy atom. The van der Waals surface area contributed by atoms with Crippen LogP contribution in [-0.2, 0) is 6.42 Å². The summed E-state index contributed by atoms with van der Waals surface area (Å²) in [6, 6.07) is 6.22. The Balaban J connectivity index is 2.60. The summed E-state index contributed by atoms with van der Waals surface area (Å²) in [7, 11) is 0. The number of aliphatic hydroxyl groups is 1. The van der Waals surface area contributed by atoms with Gasteiger partial charge in [-0.2, -0.15) is 0 Å². The summed E-state index contributed by atoms with van der Waals surface area (Å²) in [5.41, 5.74) is 6.17. The van der Waals surface area contributed by atoms with Gasteiger partial charge in [0.2, 0.25) is 0 Å². The van der Waals surface area contributed by atoms with Crippen LogP contribution in [0.25, 0.3) is 0 Å². The van der Waals surface area contributed by atoms with Gasteiger partial charge in [-0.15, -0.1) is 0 Å². The van der Waals surface area contributed by atoms with Crippen molar-refractivity contribution in [1.82, 2.24) is 0 Å². The lowest BCUT2D eigenvalue weighted by Crippen LogP contribution is -2.19. The van der Waals surface area contributed by atoms with Gasteiger partial charge in [-0.25, -0.2) is 0 Å². The maximum absolute atomic E-state index is 10.3. The predicted molar refractivity (Wildman–Crippen MR) is 51.6 cm³/mol. The van der Waals surface area contributed by atoms with Crippen molar-refractivity contribution in [2.24, 2.45) is 5.73 Å². The molecule has 5 nitrogen and oxygen atoms in total. The summed E-state index contributed by atoms with van der Waals surface area (Å²) < 4.78 is 0. The fraction of sp³-hybridized carbons (Fsp3) is 0.333. The van der Waals surface area contributed by atoms with Gasteiger partial charge in [0.1, 0.15) is 6.23 Å². The topological polar surface area (TPSA) is 89.4 Å². The van der Waals surface area contributed by atoms with Crippen molar-refractivity contribution < 1.29 is 10.0 Å². The van der Waals surface area contributed by atoms with Gasteiger partial charge in [-0.3, -0.25) is 10.1 Å². The smallest absolute Gasteiger partial charge is 0.269 e. The predicted octanol–water partition coefficient (Wildman–Crippen LogP) is 0.804. The van der Waals surface area contributed by atoms with Gasteiger partial charge in [-0.05, 0) is 18.4 Å². The van der Waals surface area contributed by atoms with Gasteiger partial charge < -0.3 is 10.8 Å². The normalized spacial score (nSPS) is 12.4. The van der Waals surface area contributed by atoms with Crippen molar-refractivity contribution >= 4 is 5.69 Å².